The maximum absolute atomic E-state index is 12.6. The highest BCUT2D eigenvalue weighted by Gasteiger charge is 2.26. The van der Waals surface area contributed by atoms with Crippen molar-refractivity contribution < 1.29 is 32.3 Å². The average Bonchev–Trinajstić information content (AvgIpc) is 2.69. The van der Waals surface area contributed by atoms with Crippen molar-refractivity contribution in [3.05, 3.63) is 84.4 Å². The van der Waals surface area contributed by atoms with Gasteiger partial charge in [0.25, 0.3) is 0 Å². The highest BCUT2D eigenvalue weighted by Crippen LogP contribution is 2.42. The van der Waals surface area contributed by atoms with E-state index in [9.17, 15) is 22.7 Å². The normalized spacial score (nSPS) is 13.5. The van der Waals surface area contributed by atoms with Gasteiger partial charge in [-0.15, -0.1) is 0 Å². The van der Waals surface area contributed by atoms with Crippen LogP contribution in [0.5, 0.6) is 5.75 Å². The van der Waals surface area contributed by atoms with Crippen LogP contribution in [-0.4, -0.2) is 24.4 Å². The molecule has 0 aliphatic carbocycles. The third kappa shape index (κ3) is 4.14. The SMILES string of the molecule is O=C(O)c1cccc(P(=O)(O)Oc2ccc(S(=O)(=O)c3ccccc3)cc2)c1. The van der Waals surface area contributed by atoms with Crippen LogP contribution in [-0.2, 0) is 14.4 Å². The highest BCUT2D eigenvalue weighted by atomic mass is 32.2. The summed E-state index contributed by atoms with van der Waals surface area (Å²) in [5, 5.41) is 8.81. The summed E-state index contributed by atoms with van der Waals surface area (Å²) in [6.07, 6.45) is 0. The highest BCUT2D eigenvalue weighted by molar-refractivity contribution is 7.91. The van der Waals surface area contributed by atoms with Gasteiger partial charge < -0.3 is 14.5 Å². The molecule has 28 heavy (non-hydrogen) atoms. The molecule has 0 radical (unpaired) electrons. The second kappa shape index (κ2) is 7.59. The summed E-state index contributed by atoms with van der Waals surface area (Å²) < 4.78 is 42.7. The first-order valence-corrected chi connectivity index (χ1v) is 11.0. The molecule has 0 fully saturated rings. The monoisotopic (exact) mass is 418 g/mol. The third-order valence-corrected chi connectivity index (χ3v) is 7.01. The molecule has 3 aromatic carbocycles. The van der Waals surface area contributed by atoms with Crippen LogP contribution in [0.25, 0.3) is 0 Å². The number of hydrogen-bond acceptors (Lipinski definition) is 5. The molecule has 1 atom stereocenters. The minimum absolute atomic E-state index is 0.00620. The number of sulfone groups is 1. The zero-order valence-electron chi connectivity index (χ0n) is 14.3. The van der Waals surface area contributed by atoms with Crippen molar-refractivity contribution in [3.8, 4) is 5.75 Å². The molecule has 0 aliphatic rings. The van der Waals surface area contributed by atoms with E-state index in [-0.39, 0.29) is 26.4 Å². The molecule has 0 saturated heterocycles. The van der Waals surface area contributed by atoms with E-state index < -0.39 is 23.4 Å². The predicted octanol–water partition coefficient (Wildman–Crippen LogP) is 3.11. The molecule has 0 bridgehead atoms. The molecule has 0 aliphatic heterocycles. The maximum Gasteiger partial charge on any atom is 0.408 e. The largest absolute Gasteiger partial charge is 0.478 e. The Labute approximate surface area is 161 Å². The molecule has 3 rings (SSSR count). The Morgan fingerprint density at radius 3 is 2.07 bits per heavy atom. The van der Waals surface area contributed by atoms with Crippen molar-refractivity contribution in [2.24, 2.45) is 0 Å². The summed E-state index contributed by atoms with van der Waals surface area (Å²) in [7, 11) is -8.08. The van der Waals surface area contributed by atoms with Gasteiger partial charge >= 0.3 is 13.6 Å². The Balaban J connectivity index is 1.85. The smallest absolute Gasteiger partial charge is 0.408 e. The van der Waals surface area contributed by atoms with Crippen LogP contribution in [0.15, 0.2) is 88.7 Å². The molecule has 0 aromatic heterocycles. The van der Waals surface area contributed by atoms with Gasteiger partial charge in [0.2, 0.25) is 9.84 Å². The summed E-state index contributed by atoms with van der Waals surface area (Å²) >= 11 is 0. The Morgan fingerprint density at radius 1 is 0.857 bits per heavy atom. The van der Waals surface area contributed by atoms with Crippen molar-refractivity contribution >= 4 is 28.7 Å². The van der Waals surface area contributed by atoms with Crippen molar-refractivity contribution in [1.82, 2.24) is 0 Å². The van der Waals surface area contributed by atoms with Crippen LogP contribution in [0.3, 0.4) is 0 Å². The Bertz CT molecular complexity index is 1160. The summed E-state index contributed by atoms with van der Waals surface area (Å²) in [6.45, 7) is 0. The number of carbonyl (C=O) groups is 1. The molecular weight excluding hydrogens is 403 g/mol. The van der Waals surface area contributed by atoms with Gasteiger partial charge in [-0.05, 0) is 54.6 Å². The molecule has 7 nitrogen and oxygen atoms in total. The van der Waals surface area contributed by atoms with Crippen molar-refractivity contribution in [1.29, 1.82) is 0 Å². The van der Waals surface area contributed by atoms with Gasteiger partial charge in [0, 0.05) is 0 Å². The minimum atomic E-state index is -4.36. The number of carboxylic acid groups (broad SMARTS) is 1. The first-order valence-electron chi connectivity index (χ1n) is 7.97. The van der Waals surface area contributed by atoms with Gasteiger partial charge in [0.05, 0.1) is 20.7 Å². The zero-order chi connectivity index (χ0) is 20.4. The van der Waals surface area contributed by atoms with Crippen LogP contribution < -0.4 is 9.83 Å². The van der Waals surface area contributed by atoms with Gasteiger partial charge in [0.1, 0.15) is 5.75 Å². The van der Waals surface area contributed by atoms with E-state index in [1.165, 1.54) is 54.6 Å². The Hall–Kier alpha value is -2.93. The number of aromatic carboxylic acids is 1. The van der Waals surface area contributed by atoms with E-state index in [1.54, 1.807) is 18.2 Å². The standard InChI is InChI=1S/C19H15O7PS/c20-19(21)14-5-4-6-16(13-14)27(22,23)26-15-9-11-18(12-10-15)28(24,25)17-7-2-1-3-8-17/h1-13H,(H,20,21)(H,22,23). The number of rotatable bonds is 6. The first kappa shape index (κ1) is 19.8. The lowest BCUT2D eigenvalue weighted by Gasteiger charge is -2.14. The lowest BCUT2D eigenvalue weighted by molar-refractivity contribution is 0.0697. The van der Waals surface area contributed by atoms with Crippen molar-refractivity contribution in [3.63, 3.8) is 0 Å². The minimum Gasteiger partial charge on any atom is -0.478 e. The van der Waals surface area contributed by atoms with Crippen LogP contribution in [0.2, 0.25) is 0 Å². The van der Waals surface area contributed by atoms with Gasteiger partial charge in [-0.3, -0.25) is 0 Å². The number of carboxylic acids is 1. The van der Waals surface area contributed by atoms with Gasteiger partial charge in [-0.1, -0.05) is 24.3 Å². The lowest BCUT2D eigenvalue weighted by atomic mass is 10.2. The predicted molar refractivity (Wildman–Crippen MR) is 102 cm³/mol. The van der Waals surface area contributed by atoms with Crippen LogP contribution in [0.1, 0.15) is 10.4 Å². The summed E-state index contributed by atoms with van der Waals surface area (Å²) in [5.74, 6) is -1.27. The summed E-state index contributed by atoms with van der Waals surface area (Å²) in [5.41, 5.74) is -0.153. The second-order valence-electron chi connectivity index (χ2n) is 5.76. The van der Waals surface area contributed by atoms with Gasteiger partial charge in [-0.25, -0.2) is 17.8 Å². The molecule has 144 valence electrons. The van der Waals surface area contributed by atoms with Crippen LogP contribution in [0.4, 0.5) is 0 Å². The lowest BCUT2D eigenvalue weighted by Crippen LogP contribution is -2.11. The molecule has 0 saturated carbocycles. The molecule has 1 unspecified atom stereocenters. The molecule has 3 aromatic rings. The van der Waals surface area contributed by atoms with Crippen LogP contribution >= 0.6 is 7.60 Å². The van der Waals surface area contributed by atoms with E-state index in [4.69, 9.17) is 9.63 Å². The van der Waals surface area contributed by atoms with Crippen molar-refractivity contribution in [2.75, 3.05) is 0 Å². The second-order valence-corrected chi connectivity index (χ2v) is 9.44. The maximum atomic E-state index is 12.6. The molecule has 0 heterocycles. The molecule has 0 amide bonds. The topological polar surface area (TPSA) is 118 Å². The summed E-state index contributed by atoms with van der Waals surface area (Å²) in [4.78, 5) is 21.3. The van der Waals surface area contributed by atoms with E-state index >= 15 is 0 Å². The third-order valence-electron chi connectivity index (χ3n) is 3.84. The van der Waals surface area contributed by atoms with E-state index in [0.29, 0.717) is 0 Å². The van der Waals surface area contributed by atoms with Crippen molar-refractivity contribution in [2.45, 2.75) is 9.79 Å². The first-order chi connectivity index (χ1) is 13.2. The fraction of sp³-hybridized carbons (Fsp3) is 0. The zero-order valence-corrected chi connectivity index (χ0v) is 16.0. The molecule has 0 spiro atoms. The van der Waals surface area contributed by atoms with E-state index in [2.05, 4.69) is 0 Å². The fourth-order valence-electron chi connectivity index (χ4n) is 2.43. The molecule has 2 N–H and O–H groups in total. The van der Waals surface area contributed by atoms with E-state index in [1.807, 2.05) is 0 Å². The van der Waals surface area contributed by atoms with E-state index in [0.717, 1.165) is 6.07 Å². The van der Waals surface area contributed by atoms with Gasteiger partial charge in [-0.2, -0.15) is 0 Å². The number of benzene rings is 3. The van der Waals surface area contributed by atoms with Gasteiger partial charge in [0.15, 0.2) is 0 Å². The Kier molecular flexibility index (Phi) is 5.38. The summed E-state index contributed by atoms with van der Waals surface area (Å²) in [6, 6.07) is 17.9. The van der Waals surface area contributed by atoms with Crippen LogP contribution in [0, 0.1) is 0 Å². The number of hydrogen-bond donors (Lipinski definition) is 2. The average molecular weight is 418 g/mol. The molecule has 9 heteroatoms. The quantitative estimate of drug-likeness (QED) is 0.591. The fourth-order valence-corrected chi connectivity index (χ4v) is 4.80. The Morgan fingerprint density at radius 2 is 1.46 bits per heavy atom. The molecular formula is C19H15O7PS.